The van der Waals surface area contributed by atoms with Crippen LogP contribution in [-0.2, 0) is 15.9 Å². The molecule has 1 aliphatic rings. The summed E-state index contributed by atoms with van der Waals surface area (Å²) >= 11 is 9.05. The minimum atomic E-state index is -3.41. The van der Waals surface area contributed by atoms with Gasteiger partial charge in [0.25, 0.3) is 0 Å². The number of rotatable bonds is 4. The zero-order valence-electron chi connectivity index (χ0n) is 10.1. The quantitative estimate of drug-likeness (QED) is 0.779. The predicted molar refractivity (Wildman–Crippen MR) is 76.3 cm³/mol. The van der Waals surface area contributed by atoms with Gasteiger partial charge in [0.2, 0.25) is 10.0 Å². The van der Waals surface area contributed by atoms with Gasteiger partial charge in [-0.15, -0.1) is 11.6 Å². The average molecular weight is 353 g/mol. The second-order valence-corrected chi connectivity index (χ2v) is 7.59. The molecule has 1 aromatic rings. The Hall–Kier alpha value is -0.100. The minimum Gasteiger partial charge on any atom is -0.207 e. The topological polar surface area (TPSA) is 37.4 Å². The molecule has 0 radical (unpaired) electrons. The maximum Gasteiger partial charge on any atom is 0.244 e. The molecule has 18 heavy (non-hydrogen) atoms. The van der Waals surface area contributed by atoms with E-state index in [1.54, 1.807) is 25.2 Å². The third-order valence-electron chi connectivity index (χ3n) is 3.40. The molecule has 0 heterocycles. The van der Waals surface area contributed by atoms with Crippen LogP contribution in [0, 0.1) is 0 Å². The normalized spacial score (nSPS) is 16.9. The van der Waals surface area contributed by atoms with Crippen LogP contribution in [0.5, 0.6) is 0 Å². The van der Waals surface area contributed by atoms with Gasteiger partial charge in [0.1, 0.15) is 0 Å². The Labute approximate surface area is 121 Å². The highest BCUT2D eigenvalue weighted by Crippen LogP contribution is 2.31. The van der Waals surface area contributed by atoms with E-state index in [1.165, 1.54) is 4.31 Å². The largest absolute Gasteiger partial charge is 0.244 e. The van der Waals surface area contributed by atoms with Crippen LogP contribution in [0.4, 0.5) is 0 Å². The van der Waals surface area contributed by atoms with E-state index >= 15 is 0 Å². The van der Waals surface area contributed by atoms with Crippen LogP contribution in [-0.4, -0.2) is 25.8 Å². The molecule has 1 saturated carbocycles. The van der Waals surface area contributed by atoms with Crippen LogP contribution in [0.2, 0.25) is 0 Å². The number of sulfonamides is 1. The Bertz CT molecular complexity index is 543. The Balaban J connectivity index is 2.34. The number of hydrogen-bond donors (Lipinski definition) is 0. The van der Waals surface area contributed by atoms with Crippen LogP contribution in [0.15, 0.2) is 27.6 Å². The van der Waals surface area contributed by atoms with E-state index in [9.17, 15) is 8.42 Å². The Morgan fingerprint density at radius 1 is 1.44 bits per heavy atom. The lowest BCUT2D eigenvalue weighted by molar-refractivity contribution is 0.249. The van der Waals surface area contributed by atoms with Crippen molar-refractivity contribution >= 4 is 37.6 Å². The Kier molecular flexibility index (Phi) is 4.36. The smallest absolute Gasteiger partial charge is 0.207 e. The lowest BCUT2D eigenvalue weighted by Crippen LogP contribution is -2.41. The summed E-state index contributed by atoms with van der Waals surface area (Å²) in [5.74, 6) is 0.372. The van der Waals surface area contributed by atoms with Crippen LogP contribution >= 0.6 is 27.5 Å². The standard InChI is InChI=1S/C12H15BrClNO2S/c1-15(10-3-2-4-10)18(16,17)12-6-5-9(8-14)7-11(12)13/h5-7,10H,2-4,8H2,1H3. The first-order valence-electron chi connectivity index (χ1n) is 5.79. The number of alkyl halides is 1. The van der Waals surface area contributed by atoms with Crippen LogP contribution in [0.25, 0.3) is 0 Å². The molecule has 0 N–H and O–H groups in total. The van der Waals surface area contributed by atoms with Gasteiger partial charge in [-0.1, -0.05) is 12.5 Å². The van der Waals surface area contributed by atoms with E-state index in [0.717, 1.165) is 24.8 Å². The molecule has 0 spiro atoms. The maximum atomic E-state index is 12.4. The summed E-state index contributed by atoms with van der Waals surface area (Å²) in [4.78, 5) is 0.311. The predicted octanol–water partition coefficient (Wildman–Crippen LogP) is 3.36. The van der Waals surface area contributed by atoms with Gasteiger partial charge in [-0.2, -0.15) is 4.31 Å². The number of hydrogen-bond acceptors (Lipinski definition) is 2. The van der Waals surface area contributed by atoms with Gasteiger partial charge in [-0.25, -0.2) is 8.42 Å². The monoisotopic (exact) mass is 351 g/mol. The van der Waals surface area contributed by atoms with Crippen molar-refractivity contribution in [2.24, 2.45) is 0 Å². The van der Waals surface area contributed by atoms with Crippen LogP contribution in [0.1, 0.15) is 24.8 Å². The fourth-order valence-electron chi connectivity index (χ4n) is 1.94. The van der Waals surface area contributed by atoms with E-state index in [0.29, 0.717) is 15.2 Å². The molecule has 1 aliphatic carbocycles. The minimum absolute atomic E-state index is 0.148. The van der Waals surface area contributed by atoms with E-state index < -0.39 is 10.0 Å². The summed E-state index contributed by atoms with van der Waals surface area (Å²) in [6.45, 7) is 0. The van der Waals surface area contributed by atoms with Gasteiger partial charge >= 0.3 is 0 Å². The SMILES string of the molecule is CN(C1CCC1)S(=O)(=O)c1ccc(CCl)cc1Br. The molecule has 0 amide bonds. The highest BCUT2D eigenvalue weighted by atomic mass is 79.9. The van der Waals surface area contributed by atoms with E-state index in [2.05, 4.69) is 15.9 Å². The lowest BCUT2D eigenvalue weighted by Gasteiger charge is -2.34. The first kappa shape index (κ1) is 14.3. The fraction of sp³-hybridized carbons (Fsp3) is 0.500. The third kappa shape index (κ3) is 2.59. The molecule has 0 aliphatic heterocycles. The third-order valence-corrected chi connectivity index (χ3v) is 6.59. The molecule has 0 saturated heterocycles. The number of benzene rings is 1. The molecule has 1 fully saturated rings. The molecule has 2 rings (SSSR count). The highest BCUT2D eigenvalue weighted by molar-refractivity contribution is 9.10. The summed E-state index contributed by atoms with van der Waals surface area (Å²) in [7, 11) is -1.76. The molecule has 100 valence electrons. The van der Waals surface area contributed by atoms with E-state index in [4.69, 9.17) is 11.6 Å². The number of halogens is 2. The first-order valence-corrected chi connectivity index (χ1v) is 8.56. The molecular formula is C12H15BrClNO2S. The molecule has 1 aromatic carbocycles. The van der Waals surface area contributed by atoms with Crippen molar-refractivity contribution in [3.05, 3.63) is 28.2 Å². The molecule has 0 unspecified atom stereocenters. The van der Waals surface area contributed by atoms with Crippen molar-refractivity contribution in [3.63, 3.8) is 0 Å². The average Bonchev–Trinajstić information content (AvgIpc) is 2.26. The zero-order chi connectivity index (χ0) is 13.3. The van der Waals surface area contributed by atoms with E-state index in [1.807, 2.05) is 0 Å². The maximum absolute atomic E-state index is 12.4. The summed E-state index contributed by atoms with van der Waals surface area (Å²) in [5.41, 5.74) is 0.897. The zero-order valence-corrected chi connectivity index (χ0v) is 13.2. The highest BCUT2D eigenvalue weighted by Gasteiger charge is 2.32. The van der Waals surface area contributed by atoms with Crippen molar-refractivity contribution in [2.45, 2.75) is 36.1 Å². The summed E-state index contributed by atoms with van der Waals surface area (Å²) in [5, 5.41) is 0. The fourth-order valence-corrected chi connectivity index (χ4v) is 4.60. The van der Waals surface area contributed by atoms with E-state index in [-0.39, 0.29) is 6.04 Å². The van der Waals surface area contributed by atoms with Crippen molar-refractivity contribution in [2.75, 3.05) is 7.05 Å². The van der Waals surface area contributed by atoms with Gasteiger partial charge in [0.05, 0.1) is 4.90 Å². The van der Waals surface area contributed by atoms with Crippen molar-refractivity contribution < 1.29 is 8.42 Å². The Morgan fingerprint density at radius 3 is 2.56 bits per heavy atom. The van der Waals surface area contributed by atoms with Crippen LogP contribution in [0.3, 0.4) is 0 Å². The molecule has 3 nitrogen and oxygen atoms in total. The molecule has 0 atom stereocenters. The van der Waals surface area contributed by atoms with Crippen molar-refractivity contribution in [1.82, 2.24) is 4.31 Å². The van der Waals surface area contributed by atoms with Crippen molar-refractivity contribution in [3.8, 4) is 0 Å². The lowest BCUT2D eigenvalue weighted by atomic mass is 9.94. The van der Waals surface area contributed by atoms with Crippen LogP contribution < -0.4 is 0 Å². The van der Waals surface area contributed by atoms with Crippen molar-refractivity contribution in [1.29, 1.82) is 0 Å². The summed E-state index contributed by atoms with van der Waals surface area (Å²) in [6.07, 6.45) is 3.01. The summed E-state index contributed by atoms with van der Waals surface area (Å²) < 4.78 is 27.0. The molecular weight excluding hydrogens is 338 g/mol. The second-order valence-electron chi connectivity index (χ2n) is 4.50. The molecule has 6 heteroatoms. The van der Waals surface area contributed by atoms with Gasteiger partial charge in [-0.3, -0.25) is 0 Å². The molecule has 0 bridgehead atoms. The molecule has 0 aromatic heterocycles. The van der Waals surface area contributed by atoms with Gasteiger partial charge in [-0.05, 0) is 46.5 Å². The van der Waals surface area contributed by atoms with Gasteiger partial charge in [0, 0.05) is 23.4 Å². The summed E-state index contributed by atoms with van der Waals surface area (Å²) in [6, 6.07) is 5.27. The Morgan fingerprint density at radius 2 is 2.11 bits per heavy atom. The first-order chi connectivity index (χ1) is 8.46. The number of nitrogens with zero attached hydrogens (tertiary/aromatic N) is 1. The van der Waals surface area contributed by atoms with Gasteiger partial charge in [0.15, 0.2) is 0 Å². The van der Waals surface area contributed by atoms with Gasteiger partial charge < -0.3 is 0 Å². The second kappa shape index (κ2) is 5.49.